The number of hydrogen-bond donors (Lipinski definition) is 3. The van der Waals surface area contributed by atoms with E-state index in [2.05, 4.69) is 27.2 Å². The average molecular weight is 207 g/mol. The third-order valence-corrected chi connectivity index (χ3v) is 1.70. The maximum atomic E-state index is 5.62. The molecule has 5 nitrogen and oxygen atoms in total. The first-order valence-electron chi connectivity index (χ1n) is 4.88. The van der Waals surface area contributed by atoms with E-state index in [1.807, 2.05) is 13.0 Å². The van der Waals surface area contributed by atoms with Gasteiger partial charge in [0.25, 0.3) is 0 Å². The van der Waals surface area contributed by atoms with Crippen LogP contribution >= 0.6 is 0 Å². The van der Waals surface area contributed by atoms with Crippen LogP contribution in [0.1, 0.15) is 6.92 Å². The van der Waals surface area contributed by atoms with Gasteiger partial charge in [0.05, 0.1) is 0 Å². The summed E-state index contributed by atoms with van der Waals surface area (Å²) < 4.78 is 0. The SMILES string of the molecule is C=CCNc1cc(NCC(C)N)ncn1. The Morgan fingerprint density at radius 3 is 2.73 bits per heavy atom. The molecule has 1 heterocycles. The second-order valence-corrected chi connectivity index (χ2v) is 3.32. The van der Waals surface area contributed by atoms with Gasteiger partial charge in [0.2, 0.25) is 0 Å². The van der Waals surface area contributed by atoms with Crippen LogP contribution < -0.4 is 16.4 Å². The Bertz CT molecular complexity index is 310. The molecule has 0 aromatic carbocycles. The molecule has 0 spiro atoms. The summed E-state index contributed by atoms with van der Waals surface area (Å²) in [4.78, 5) is 8.14. The predicted molar refractivity (Wildman–Crippen MR) is 62.9 cm³/mol. The minimum Gasteiger partial charge on any atom is -0.368 e. The first kappa shape index (κ1) is 11.5. The third-order valence-electron chi connectivity index (χ3n) is 1.70. The number of nitrogens with one attached hydrogen (secondary N) is 2. The van der Waals surface area contributed by atoms with Crippen molar-refractivity contribution in [3.05, 3.63) is 25.0 Å². The van der Waals surface area contributed by atoms with Crippen molar-refractivity contribution in [3.63, 3.8) is 0 Å². The molecule has 0 bridgehead atoms. The second-order valence-electron chi connectivity index (χ2n) is 3.32. The fourth-order valence-electron chi connectivity index (χ4n) is 0.993. The zero-order valence-corrected chi connectivity index (χ0v) is 8.90. The third kappa shape index (κ3) is 4.42. The van der Waals surface area contributed by atoms with Gasteiger partial charge in [-0.15, -0.1) is 6.58 Å². The smallest absolute Gasteiger partial charge is 0.131 e. The first-order chi connectivity index (χ1) is 7.22. The summed E-state index contributed by atoms with van der Waals surface area (Å²) >= 11 is 0. The molecule has 0 radical (unpaired) electrons. The van der Waals surface area contributed by atoms with Gasteiger partial charge in [0, 0.05) is 25.2 Å². The molecule has 0 aliphatic carbocycles. The average Bonchev–Trinajstić information content (AvgIpc) is 2.24. The number of hydrogen-bond acceptors (Lipinski definition) is 5. The molecule has 0 saturated carbocycles. The lowest BCUT2D eigenvalue weighted by Crippen LogP contribution is -2.25. The highest BCUT2D eigenvalue weighted by Crippen LogP contribution is 2.07. The van der Waals surface area contributed by atoms with Gasteiger partial charge in [-0.25, -0.2) is 9.97 Å². The second kappa shape index (κ2) is 5.98. The van der Waals surface area contributed by atoms with E-state index in [4.69, 9.17) is 5.73 Å². The summed E-state index contributed by atoms with van der Waals surface area (Å²) in [7, 11) is 0. The lowest BCUT2D eigenvalue weighted by Gasteiger charge is -2.09. The van der Waals surface area contributed by atoms with Crippen LogP contribution in [0.3, 0.4) is 0 Å². The van der Waals surface area contributed by atoms with Crippen molar-refractivity contribution in [2.24, 2.45) is 5.73 Å². The molecule has 15 heavy (non-hydrogen) atoms. The van der Waals surface area contributed by atoms with E-state index >= 15 is 0 Å². The van der Waals surface area contributed by atoms with Crippen LogP contribution in [0, 0.1) is 0 Å². The van der Waals surface area contributed by atoms with Gasteiger partial charge < -0.3 is 16.4 Å². The van der Waals surface area contributed by atoms with E-state index in [-0.39, 0.29) is 6.04 Å². The zero-order valence-electron chi connectivity index (χ0n) is 8.90. The van der Waals surface area contributed by atoms with Crippen molar-refractivity contribution in [2.75, 3.05) is 23.7 Å². The van der Waals surface area contributed by atoms with Crippen LogP contribution in [0.25, 0.3) is 0 Å². The minimum atomic E-state index is 0.101. The fraction of sp³-hybridized carbons (Fsp3) is 0.400. The van der Waals surface area contributed by atoms with Crippen molar-refractivity contribution in [1.82, 2.24) is 9.97 Å². The Morgan fingerprint density at radius 1 is 1.47 bits per heavy atom. The minimum absolute atomic E-state index is 0.101. The maximum absolute atomic E-state index is 5.62. The monoisotopic (exact) mass is 207 g/mol. The van der Waals surface area contributed by atoms with Crippen LogP contribution in [0.4, 0.5) is 11.6 Å². The van der Waals surface area contributed by atoms with Gasteiger partial charge in [-0.3, -0.25) is 0 Å². The topological polar surface area (TPSA) is 75.9 Å². The summed E-state index contributed by atoms with van der Waals surface area (Å²) in [6, 6.07) is 1.94. The van der Waals surface area contributed by atoms with E-state index in [0.717, 1.165) is 11.6 Å². The van der Waals surface area contributed by atoms with Gasteiger partial charge in [-0.1, -0.05) is 6.08 Å². The van der Waals surface area contributed by atoms with Crippen molar-refractivity contribution < 1.29 is 0 Å². The van der Waals surface area contributed by atoms with Crippen LogP contribution in [-0.2, 0) is 0 Å². The Hall–Kier alpha value is -1.62. The lowest BCUT2D eigenvalue weighted by atomic mass is 10.3. The summed E-state index contributed by atoms with van der Waals surface area (Å²) in [5.74, 6) is 1.55. The van der Waals surface area contributed by atoms with E-state index in [1.54, 1.807) is 6.08 Å². The Morgan fingerprint density at radius 2 is 2.13 bits per heavy atom. The van der Waals surface area contributed by atoms with Gasteiger partial charge in [-0.2, -0.15) is 0 Å². The molecule has 4 N–H and O–H groups in total. The highest BCUT2D eigenvalue weighted by atomic mass is 15.1. The highest BCUT2D eigenvalue weighted by Gasteiger charge is 1.98. The fourth-order valence-corrected chi connectivity index (χ4v) is 0.993. The Labute approximate surface area is 89.8 Å². The largest absolute Gasteiger partial charge is 0.368 e. The summed E-state index contributed by atoms with van der Waals surface area (Å²) in [5.41, 5.74) is 5.62. The van der Waals surface area contributed by atoms with Crippen molar-refractivity contribution in [2.45, 2.75) is 13.0 Å². The van der Waals surface area contributed by atoms with Crippen molar-refractivity contribution >= 4 is 11.6 Å². The predicted octanol–water partition coefficient (Wildman–Crippen LogP) is 0.834. The molecule has 1 unspecified atom stereocenters. The quantitative estimate of drug-likeness (QED) is 0.602. The summed E-state index contributed by atoms with van der Waals surface area (Å²) in [5, 5.41) is 6.20. The molecule has 5 heteroatoms. The number of nitrogens with zero attached hydrogens (tertiary/aromatic N) is 2. The van der Waals surface area contributed by atoms with E-state index in [9.17, 15) is 0 Å². The maximum Gasteiger partial charge on any atom is 0.131 e. The number of rotatable bonds is 6. The van der Waals surface area contributed by atoms with Gasteiger partial charge in [0.15, 0.2) is 0 Å². The van der Waals surface area contributed by atoms with Gasteiger partial charge >= 0.3 is 0 Å². The lowest BCUT2D eigenvalue weighted by molar-refractivity contribution is 0.777. The number of anilines is 2. The first-order valence-corrected chi connectivity index (χ1v) is 4.88. The molecule has 1 aromatic heterocycles. The normalized spacial score (nSPS) is 11.9. The van der Waals surface area contributed by atoms with E-state index < -0.39 is 0 Å². The molecule has 1 rings (SSSR count). The number of nitrogens with two attached hydrogens (primary N) is 1. The molecule has 0 amide bonds. The molecule has 82 valence electrons. The Kier molecular flexibility index (Phi) is 4.56. The molecule has 0 fully saturated rings. The van der Waals surface area contributed by atoms with Crippen molar-refractivity contribution in [1.29, 1.82) is 0 Å². The van der Waals surface area contributed by atoms with Crippen molar-refractivity contribution in [3.8, 4) is 0 Å². The van der Waals surface area contributed by atoms with E-state index in [0.29, 0.717) is 13.1 Å². The molecule has 0 aliphatic heterocycles. The Balaban J connectivity index is 2.53. The van der Waals surface area contributed by atoms with Crippen LogP contribution in [-0.4, -0.2) is 29.1 Å². The zero-order chi connectivity index (χ0) is 11.1. The summed E-state index contributed by atoms with van der Waals surface area (Å²) in [6.45, 7) is 6.93. The van der Waals surface area contributed by atoms with E-state index in [1.165, 1.54) is 6.33 Å². The van der Waals surface area contributed by atoms with Crippen LogP contribution in [0.2, 0.25) is 0 Å². The number of aromatic nitrogens is 2. The standard InChI is InChI=1S/C10H17N5/c1-3-4-12-9-5-10(15-7-14-9)13-6-8(2)11/h3,5,7-8H,1,4,6,11H2,2H3,(H2,12,13,14,15). The molecular weight excluding hydrogens is 190 g/mol. The molecule has 0 aliphatic rings. The molecule has 1 atom stereocenters. The molecule has 0 saturated heterocycles. The molecular formula is C10H17N5. The van der Waals surface area contributed by atoms with Crippen LogP contribution in [0.5, 0.6) is 0 Å². The van der Waals surface area contributed by atoms with Gasteiger partial charge in [-0.05, 0) is 6.92 Å². The molecule has 1 aromatic rings. The van der Waals surface area contributed by atoms with Gasteiger partial charge in [0.1, 0.15) is 18.0 Å². The highest BCUT2D eigenvalue weighted by molar-refractivity contribution is 5.46. The van der Waals surface area contributed by atoms with Crippen LogP contribution in [0.15, 0.2) is 25.0 Å². The summed E-state index contributed by atoms with van der Waals surface area (Å²) in [6.07, 6.45) is 3.28.